The highest BCUT2D eigenvalue weighted by Crippen LogP contribution is 2.11. The van der Waals surface area contributed by atoms with Crippen LogP contribution in [0.3, 0.4) is 0 Å². The molecule has 5 unspecified atom stereocenters. The molecule has 13 heteroatoms. The van der Waals surface area contributed by atoms with Crippen LogP contribution < -0.4 is 27.4 Å². The van der Waals surface area contributed by atoms with Crippen molar-refractivity contribution in [2.24, 2.45) is 11.5 Å². The van der Waals surface area contributed by atoms with Gasteiger partial charge in [-0.2, -0.15) is 0 Å². The van der Waals surface area contributed by atoms with Gasteiger partial charge in [-0.1, -0.05) is 12.1 Å². The fraction of sp³-hybridized carbons (Fsp3) is 0.450. The molecule has 0 aliphatic heterocycles. The number of hydrogen-bond donors (Lipinski definition) is 8. The minimum atomic E-state index is -1.51. The van der Waals surface area contributed by atoms with Crippen LogP contribution in [0.4, 0.5) is 0 Å². The Kier molecular flexibility index (Phi) is 10.2. The number of hydrogen-bond acceptors (Lipinski definition) is 8. The minimum Gasteiger partial charge on any atom is -0.508 e. The van der Waals surface area contributed by atoms with E-state index in [0.29, 0.717) is 5.56 Å². The summed E-state index contributed by atoms with van der Waals surface area (Å²) in [4.78, 5) is 59.9. The largest absolute Gasteiger partial charge is 0.508 e. The molecule has 0 heterocycles. The number of carbonyl (C=O) groups excluding carboxylic acids is 4. The number of phenols is 1. The molecule has 0 aromatic heterocycles. The first-order chi connectivity index (χ1) is 15.3. The maximum Gasteiger partial charge on any atom is 0.326 e. The molecule has 0 saturated heterocycles. The van der Waals surface area contributed by atoms with E-state index in [1.807, 2.05) is 0 Å². The molecular weight excluding hydrogens is 438 g/mol. The summed E-state index contributed by atoms with van der Waals surface area (Å²) < 4.78 is 0. The van der Waals surface area contributed by atoms with Crippen LogP contribution in [0.5, 0.6) is 5.75 Å². The lowest BCUT2D eigenvalue weighted by Crippen LogP contribution is -2.58. The number of nitrogens with one attached hydrogen (secondary N) is 3. The Morgan fingerprint density at radius 2 is 1.45 bits per heavy atom. The minimum absolute atomic E-state index is 0.0190. The van der Waals surface area contributed by atoms with Gasteiger partial charge in [0.25, 0.3) is 0 Å². The summed E-state index contributed by atoms with van der Waals surface area (Å²) in [7, 11) is 0. The first-order valence-corrected chi connectivity index (χ1v) is 9.95. The Hall–Kier alpha value is -3.71. The number of aliphatic carboxylic acids is 1. The van der Waals surface area contributed by atoms with Crippen LogP contribution in [-0.4, -0.2) is 75.2 Å². The second kappa shape index (κ2) is 12.4. The van der Waals surface area contributed by atoms with E-state index in [0.717, 1.165) is 0 Å². The van der Waals surface area contributed by atoms with Crippen molar-refractivity contribution >= 4 is 29.6 Å². The molecular formula is C20H29N5O8. The fourth-order valence-corrected chi connectivity index (χ4v) is 2.64. The van der Waals surface area contributed by atoms with Crippen molar-refractivity contribution in [2.45, 2.75) is 57.0 Å². The Balaban J connectivity index is 2.87. The van der Waals surface area contributed by atoms with E-state index >= 15 is 0 Å². The van der Waals surface area contributed by atoms with E-state index in [4.69, 9.17) is 11.5 Å². The van der Waals surface area contributed by atoms with Crippen molar-refractivity contribution in [1.29, 1.82) is 0 Å². The first-order valence-electron chi connectivity index (χ1n) is 9.95. The van der Waals surface area contributed by atoms with E-state index < -0.39 is 66.3 Å². The molecule has 182 valence electrons. The monoisotopic (exact) mass is 467 g/mol. The van der Waals surface area contributed by atoms with E-state index in [1.54, 1.807) is 0 Å². The van der Waals surface area contributed by atoms with Crippen molar-refractivity contribution in [3.8, 4) is 5.75 Å². The third-order valence-corrected chi connectivity index (χ3v) is 4.60. The van der Waals surface area contributed by atoms with Gasteiger partial charge in [-0.15, -0.1) is 0 Å². The zero-order valence-corrected chi connectivity index (χ0v) is 18.1. The number of primary amides is 1. The second-order valence-electron chi connectivity index (χ2n) is 7.50. The van der Waals surface area contributed by atoms with E-state index in [9.17, 15) is 39.3 Å². The Morgan fingerprint density at radius 3 is 1.94 bits per heavy atom. The first kappa shape index (κ1) is 27.3. The molecule has 0 spiro atoms. The lowest BCUT2D eigenvalue weighted by molar-refractivity contribution is -0.142. The van der Waals surface area contributed by atoms with Crippen molar-refractivity contribution in [3.63, 3.8) is 0 Å². The maximum atomic E-state index is 12.6. The number of carbonyl (C=O) groups is 5. The number of benzene rings is 1. The van der Waals surface area contributed by atoms with E-state index in [-0.39, 0.29) is 12.2 Å². The normalized spacial score (nSPS) is 15.3. The van der Waals surface area contributed by atoms with Gasteiger partial charge in [-0.25, -0.2) is 4.79 Å². The van der Waals surface area contributed by atoms with Gasteiger partial charge < -0.3 is 42.7 Å². The van der Waals surface area contributed by atoms with E-state index in [2.05, 4.69) is 16.0 Å². The molecule has 0 radical (unpaired) electrons. The van der Waals surface area contributed by atoms with Crippen molar-refractivity contribution < 1.29 is 39.3 Å². The van der Waals surface area contributed by atoms with Crippen molar-refractivity contribution in [1.82, 2.24) is 16.0 Å². The van der Waals surface area contributed by atoms with Gasteiger partial charge in [0.2, 0.25) is 23.6 Å². The summed E-state index contributed by atoms with van der Waals surface area (Å²) in [6.07, 6.45) is -1.94. The van der Waals surface area contributed by atoms with Crippen LogP contribution in [-0.2, 0) is 30.4 Å². The molecule has 13 nitrogen and oxygen atoms in total. The van der Waals surface area contributed by atoms with Gasteiger partial charge in [0.15, 0.2) is 0 Å². The SMILES string of the molecule is CC(NC(=O)C(N)C(C)O)C(=O)NC(CC(N)=O)C(=O)NC(Cc1ccc(O)cc1)C(=O)O. The number of phenolic OH excluding ortho intramolecular Hbond substituents is 1. The fourth-order valence-electron chi connectivity index (χ4n) is 2.64. The molecule has 0 aliphatic carbocycles. The van der Waals surface area contributed by atoms with Crippen LogP contribution in [0.1, 0.15) is 25.8 Å². The van der Waals surface area contributed by atoms with Crippen LogP contribution in [0.15, 0.2) is 24.3 Å². The molecule has 1 aromatic rings. The molecule has 0 bridgehead atoms. The predicted molar refractivity (Wildman–Crippen MR) is 114 cm³/mol. The Bertz CT molecular complexity index is 874. The molecule has 5 atom stereocenters. The number of aliphatic hydroxyl groups excluding tert-OH is 1. The van der Waals surface area contributed by atoms with Gasteiger partial charge in [-0.3, -0.25) is 19.2 Å². The lowest BCUT2D eigenvalue weighted by Gasteiger charge is -2.23. The molecule has 1 aromatic carbocycles. The molecule has 4 amide bonds. The molecule has 1 rings (SSSR count). The average molecular weight is 467 g/mol. The highest BCUT2D eigenvalue weighted by atomic mass is 16.4. The summed E-state index contributed by atoms with van der Waals surface area (Å²) in [6.45, 7) is 2.57. The van der Waals surface area contributed by atoms with Gasteiger partial charge >= 0.3 is 5.97 Å². The summed E-state index contributed by atoms with van der Waals surface area (Å²) >= 11 is 0. The number of nitrogens with two attached hydrogens (primary N) is 2. The average Bonchev–Trinajstić information content (AvgIpc) is 2.72. The third kappa shape index (κ3) is 9.13. The smallest absolute Gasteiger partial charge is 0.326 e. The summed E-state index contributed by atoms with van der Waals surface area (Å²) in [5.41, 5.74) is 11.1. The number of carboxylic acids is 1. The van der Waals surface area contributed by atoms with E-state index in [1.165, 1.54) is 38.1 Å². The highest BCUT2D eigenvalue weighted by molar-refractivity contribution is 5.96. The summed E-state index contributed by atoms with van der Waals surface area (Å²) in [6, 6.07) is 0.248. The molecule has 0 fully saturated rings. The molecule has 33 heavy (non-hydrogen) atoms. The van der Waals surface area contributed by atoms with Crippen LogP contribution in [0.25, 0.3) is 0 Å². The van der Waals surface area contributed by atoms with Gasteiger partial charge in [0.05, 0.1) is 12.5 Å². The topological polar surface area (TPSA) is 234 Å². The number of aliphatic hydroxyl groups is 1. The van der Waals surface area contributed by atoms with Gasteiger partial charge in [-0.05, 0) is 31.5 Å². The zero-order valence-electron chi connectivity index (χ0n) is 18.1. The second-order valence-corrected chi connectivity index (χ2v) is 7.50. The van der Waals surface area contributed by atoms with Crippen LogP contribution in [0.2, 0.25) is 0 Å². The number of aromatic hydroxyl groups is 1. The number of carboxylic acid groups (broad SMARTS) is 1. The predicted octanol–water partition coefficient (Wildman–Crippen LogP) is -2.92. The molecule has 0 aliphatic rings. The van der Waals surface area contributed by atoms with Crippen molar-refractivity contribution in [3.05, 3.63) is 29.8 Å². The number of rotatable bonds is 12. The summed E-state index contributed by atoms with van der Waals surface area (Å²) in [5.74, 6) is -4.99. The van der Waals surface area contributed by atoms with Crippen molar-refractivity contribution in [2.75, 3.05) is 0 Å². The maximum absolute atomic E-state index is 12.6. The Labute approximate surface area is 189 Å². The Morgan fingerprint density at radius 1 is 0.909 bits per heavy atom. The lowest BCUT2D eigenvalue weighted by atomic mass is 10.0. The highest BCUT2D eigenvalue weighted by Gasteiger charge is 2.30. The number of amides is 4. The van der Waals surface area contributed by atoms with Crippen LogP contribution in [0, 0.1) is 0 Å². The molecule has 10 N–H and O–H groups in total. The summed E-state index contributed by atoms with van der Waals surface area (Å²) in [5, 5.41) is 34.9. The third-order valence-electron chi connectivity index (χ3n) is 4.60. The molecule has 0 saturated carbocycles. The van der Waals surface area contributed by atoms with Crippen LogP contribution >= 0.6 is 0 Å². The quantitative estimate of drug-likeness (QED) is 0.157. The zero-order chi connectivity index (χ0) is 25.3. The van der Waals surface area contributed by atoms with Gasteiger partial charge in [0.1, 0.15) is 29.9 Å². The van der Waals surface area contributed by atoms with Gasteiger partial charge in [0, 0.05) is 6.42 Å². The standard InChI is InChI=1S/C20H29N5O8/c1-9(23-19(31)16(22)10(2)26)17(29)24-13(8-15(21)28)18(30)25-14(20(32)33)7-11-3-5-12(27)6-4-11/h3-6,9-10,13-14,16,26-27H,7-8,22H2,1-2H3,(H2,21,28)(H,23,31)(H,24,29)(H,25,30)(H,32,33).